The second-order valence-electron chi connectivity index (χ2n) is 5.07. The number of aryl methyl sites for hydroxylation is 2. The van der Waals surface area contributed by atoms with Gasteiger partial charge in [0.25, 0.3) is 0 Å². The number of carbonyl (C=O) groups is 1. The van der Waals surface area contributed by atoms with Crippen molar-refractivity contribution in [3.8, 4) is 6.07 Å². The molecule has 0 aliphatic carbocycles. The van der Waals surface area contributed by atoms with Crippen LogP contribution in [-0.2, 0) is 11.2 Å². The molecule has 1 N–H and O–H groups in total. The molecule has 0 aliphatic rings. The van der Waals surface area contributed by atoms with Crippen LogP contribution in [0.4, 0.5) is 0 Å². The minimum absolute atomic E-state index is 0.0601. The molecule has 3 heteroatoms. The number of nitrogens with one attached hydrogen (secondary N) is 1. The monoisotopic (exact) mass is 244 g/mol. The van der Waals surface area contributed by atoms with E-state index in [1.54, 1.807) is 13.8 Å². The average Bonchev–Trinajstić information content (AvgIpc) is 2.31. The zero-order valence-electron chi connectivity index (χ0n) is 11.3. The Morgan fingerprint density at radius 1 is 1.39 bits per heavy atom. The number of nitriles is 1. The van der Waals surface area contributed by atoms with Gasteiger partial charge in [0.2, 0.25) is 5.91 Å². The van der Waals surface area contributed by atoms with Crippen molar-refractivity contribution in [2.24, 2.45) is 0 Å². The average molecular weight is 244 g/mol. The molecule has 0 bridgehead atoms. The molecule has 0 aliphatic heterocycles. The first kappa shape index (κ1) is 14.2. The van der Waals surface area contributed by atoms with E-state index in [0.717, 1.165) is 12.8 Å². The van der Waals surface area contributed by atoms with Crippen LogP contribution in [0, 0.1) is 18.3 Å². The Balaban J connectivity index is 2.37. The van der Waals surface area contributed by atoms with E-state index in [0.29, 0.717) is 6.42 Å². The number of hydrogen-bond acceptors (Lipinski definition) is 2. The van der Waals surface area contributed by atoms with Crippen molar-refractivity contribution in [2.75, 3.05) is 0 Å². The summed E-state index contributed by atoms with van der Waals surface area (Å²) in [4.78, 5) is 11.6. The fraction of sp³-hybridized carbons (Fsp3) is 0.467. The molecule has 0 spiro atoms. The molecule has 0 fully saturated rings. The second kappa shape index (κ2) is 6.20. The number of hydrogen-bond donors (Lipinski definition) is 1. The normalized spacial score (nSPS) is 10.8. The maximum Gasteiger partial charge on any atom is 0.221 e. The predicted octanol–water partition coefficient (Wildman–Crippen LogP) is 2.74. The van der Waals surface area contributed by atoms with Gasteiger partial charge in [0.05, 0.1) is 6.07 Å². The highest BCUT2D eigenvalue weighted by molar-refractivity contribution is 5.77. The molecule has 0 saturated carbocycles. The molecular weight excluding hydrogens is 224 g/mol. The Kier molecular flexibility index (Phi) is 4.91. The molecule has 0 atom stereocenters. The zero-order valence-corrected chi connectivity index (χ0v) is 11.3. The van der Waals surface area contributed by atoms with Gasteiger partial charge in [0.15, 0.2) is 0 Å². The summed E-state index contributed by atoms with van der Waals surface area (Å²) >= 11 is 0. The van der Waals surface area contributed by atoms with Crippen LogP contribution in [0.5, 0.6) is 0 Å². The number of carbonyl (C=O) groups excluding carboxylic acids is 1. The summed E-state index contributed by atoms with van der Waals surface area (Å²) in [6.07, 6.45) is 2.16. The van der Waals surface area contributed by atoms with Crippen LogP contribution in [0.15, 0.2) is 24.3 Å². The van der Waals surface area contributed by atoms with Crippen LogP contribution in [0.1, 0.15) is 37.8 Å². The summed E-state index contributed by atoms with van der Waals surface area (Å²) in [6, 6.07) is 10.3. The first-order chi connectivity index (χ1) is 8.44. The first-order valence-electron chi connectivity index (χ1n) is 6.21. The van der Waals surface area contributed by atoms with Gasteiger partial charge in [-0.3, -0.25) is 4.79 Å². The van der Waals surface area contributed by atoms with E-state index in [2.05, 4.69) is 30.4 Å². The van der Waals surface area contributed by atoms with Gasteiger partial charge in [-0.05, 0) is 44.7 Å². The molecule has 0 radical (unpaired) electrons. The molecule has 0 unspecified atom stereocenters. The van der Waals surface area contributed by atoms with Gasteiger partial charge in [-0.1, -0.05) is 24.3 Å². The van der Waals surface area contributed by atoms with Gasteiger partial charge in [-0.15, -0.1) is 0 Å². The molecule has 0 heterocycles. The Hall–Kier alpha value is -1.82. The van der Waals surface area contributed by atoms with Crippen LogP contribution >= 0.6 is 0 Å². The second-order valence-corrected chi connectivity index (χ2v) is 5.07. The lowest BCUT2D eigenvalue weighted by atomic mass is 10.0. The van der Waals surface area contributed by atoms with Crippen LogP contribution in [0.3, 0.4) is 0 Å². The standard InChI is InChI=1S/C15H20N2O/c1-12-7-4-5-8-13(12)9-6-10-14(18)17-15(2,3)11-16/h4-5,7-8H,6,9-10H2,1-3H3,(H,17,18). The van der Waals surface area contributed by atoms with E-state index in [-0.39, 0.29) is 5.91 Å². The lowest BCUT2D eigenvalue weighted by Gasteiger charge is -2.17. The van der Waals surface area contributed by atoms with E-state index >= 15 is 0 Å². The molecule has 1 rings (SSSR count). The highest BCUT2D eigenvalue weighted by Crippen LogP contribution is 2.11. The van der Waals surface area contributed by atoms with E-state index < -0.39 is 5.54 Å². The summed E-state index contributed by atoms with van der Waals surface area (Å²) in [7, 11) is 0. The van der Waals surface area contributed by atoms with Gasteiger partial charge >= 0.3 is 0 Å². The summed E-state index contributed by atoms with van der Waals surface area (Å²) < 4.78 is 0. The van der Waals surface area contributed by atoms with Gasteiger partial charge in [-0.2, -0.15) is 5.26 Å². The van der Waals surface area contributed by atoms with Gasteiger partial charge < -0.3 is 5.32 Å². The Morgan fingerprint density at radius 3 is 2.67 bits per heavy atom. The first-order valence-corrected chi connectivity index (χ1v) is 6.21. The van der Waals surface area contributed by atoms with Crippen LogP contribution < -0.4 is 5.32 Å². The third-order valence-electron chi connectivity index (χ3n) is 2.84. The Morgan fingerprint density at radius 2 is 2.06 bits per heavy atom. The summed E-state index contributed by atoms with van der Waals surface area (Å²) in [5.41, 5.74) is 1.76. The quantitative estimate of drug-likeness (QED) is 0.865. The minimum atomic E-state index is -0.778. The summed E-state index contributed by atoms with van der Waals surface area (Å²) in [5, 5.41) is 11.5. The predicted molar refractivity (Wildman–Crippen MR) is 72.0 cm³/mol. The van der Waals surface area contributed by atoms with Gasteiger partial charge in [-0.25, -0.2) is 0 Å². The topological polar surface area (TPSA) is 52.9 Å². The SMILES string of the molecule is Cc1ccccc1CCCC(=O)NC(C)(C)C#N. The minimum Gasteiger partial charge on any atom is -0.338 e. The molecule has 18 heavy (non-hydrogen) atoms. The number of nitrogens with zero attached hydrogens (tertiary/aromatic N) is 1. The lowest BCUT2D eigenvalue weighted by molar-refractivity contribution is -0.122. The highest BCUT2D eigenvalue weighted by Gasteiger charge is 2.18. The smallest absolute Gasteiger partial charge is 0.221 e. The molecule has 0 aromatic heterocycles. The maximum absolute atomic E-state index is 11.6. The molecule has 1 aromatic rings. The molecule has 0 saturated heterocycles. The molecule has 3 nitrogen and oxygen atoms in total. The number of amides is 1. The van der Waals surface area contributed by atoms with Crippen molar-refractivity contribution in [1.29, 1.82) is 5.26 Å². The van der Waals surface area contributed by atoms with Crippen molar-refractivity contribution >= 4 is 5.91 Å². The number of rotatable bonds is 5. The van der Waals surface area contributed by atoms with Crippen molar-refractivity contribution in [1.82, 2.24) is 5.32 Å². The van der Waals surface area contributed by atoms with E-state index in [4.69, 9.17) is 5.26 Å². The third kappa shape index (κ3) is 4.58. The summed E-state index contributed by atoms with van der Waals surface area (Å²) in [5.74, 6) is -0.0601. The lowest BCUT2D eigenvalue weighted by Crippen LogP contribution is -2.41. The van der Waals surface area contributed by atoms with E-state index in [9.17, 15) is 4.79 Å². The number of benzene rings is 1. The highest BCUT2D eigenvalue weighted by atomic mass is 16.1. The van der Waals surface area contributed by atoms with Crippen molar-refractivity contribution < 1.29 is 4.79 Å². The van der Waals surface area contributed by atoms with Crippen LogP contribution in [-0.4, -0.2) is 11.4 Å². The molecule has 96 valence electrons. The Bertz CT molecular complexity index is 458. The molecule has 1 amide bonds. The fourth-order valence-corrected chi connectivity index (χ4v) is 1.77. The summed E-state index contributed by atoms with van der Waals surface area (Å²) in [6.45, 7) is 5.48. The maximum atomic E-state index is 11.6. The third-order valence-corrected chi connectivity index (χ3v) is 2.84. The fourth-order valence-electron chi connectivity index (χ4n) is 1.77. The largest absolute Gasteiger partial charge is 0.338 e. The Labute approximate surface area is 109 Å². The van der Waals surface area contributed by atoms with E-state index in [1.807, 2.05) is 12.1 Å². The molecular formula is C15H20N2O. The van der Waals surface area contributed by atoms with Gasteiger partial charge in [0, 0.05) is 6.42 Å². The van der Waals surface area contributed by atoms with Crippen LogP contribution in [0.25, 0.3) is 0 Å². The van der Waals surface area contributed by atoms with Gasteiger partial charge in [0.1, 0.15) is 5.54 Å². The zero-order chi connectivity index (χ0) is 13.6. The van der Waals surface area contributed by atoms with Crippen molar-refractivity contribution in [2.45, 2.75) is 45.6 Å². The van der Waals surface area contributed by atoms with Crippen molar-refractivity contribution in [3.05, 3.63) is 35.4 Å². The molecule has 1 aromatic carbocycles. The van der Waals surface area contributed by atoms with Crippen LogP contribution in [0.2, 0.25) is 0 Å². The van der Waals surface area contributed by atoms with Crippen molar-refractivity contribution in [3.63, 3.8) is 0 Å². The van der Waals surface area contributed by atoms with E-state index in [1.165, 1.54) is 11.1 Å².